The lowest BCUT2D eigenvalue weighted by Gasteiger charge is -2.19. The van der Waals surface area contributed by atoms with Gasteiger partial charge in [0.05, 0.1) is 25.4 Å². The normalized spacial score (nSPS) is 14.7. The number of aryl methyl sites for hydroxylation is 2. The summed E-state index contributed by atoms with van der Waals surface area (Å²) in [5, 5.41) is 14.0. The molecular formula is C29H32N6O4S. The third kappa shape index (κ3) is 5.33. The van der Waals surface area contributed by atoms with Crippen LogP contribution in [0.3, 0.4) is 0 Å². The van der Waals surface area contributed by atoms with Crippen LogP contribution in [-0.2, 0) is 25.6 Å². The number of carbonyl (C=O) groups is 2. The molecule has 10 nitrogen and oxygen atoms in total. The number of ether oxygens (including phenoxy) is 2. The fourth-order valence-electron chi connectivity index (χ4n) is 4.69. The smallest absolute Gasteiger partial charge is 0.328 e. The summed E-state index contributed by atoms with van der Waals surface area (Å²) in [5.74, 6) is 0.655. The van der Waals surface area contributed by atoms with Crippen molar-refractivity contribution < 1.29 is 19.1 Å². The van der Waals surface area contributed by atoms with Crippen LogP contribution in [0.4, 0.5) is 0 Å². The molecule has 0 radical (unpaired) electrons. The molecule has 1 aromatic carbocycles. The molecule has 0 saturated carbocycles. The Morgan fingerprint density at radius 1 is 1.00 bits per heavy atom. The predicted molar refractivity (Wildman–Crippen MR) is 152 cm³/mol. The molecular weight excluding hydrogens is 528 g/mol. The van der Waals surface area contributed by atoms with Crippen LogP contribution in [0.2, 0.25) is 0 Å². The number of nitrogens with zero attached hydrogens (tertiary/aromatic N) is 6. The molecule has 4 aromatic rings. The van der Waals surface area contributed by atoms with E-state index in [4.69, 9.17) is 14.5 Å². The van der Waals surface area contributed by atoms with Gasteiger partial charge in [-0.25, -0.2) is 0 Å². The Labute approximate surface area is 236 Å². The average molecular weight is 561 g/mol. The summed E-state index contributed by atoms with van der Waals surface area (Å²) < 4.78 is 14.0. The minimum atomic E-state index is -0.549. The number of aliphatic imine (C=N–C) groups is 1. The summed E-state index contributed by atoms with van der Waals surface area (Å²) in [6.07, 6.45) is 3.61. The second-order valence-electron chi connectivity index (χ2n) is 10.8. The second-order valence-corrected chi connectivity index (χ2v) is 12.0. The largest absolute Gasteiger partial charge is 0.469 e. The quantitative estimate of drug-likeness (QED) is 0.308. The number of thiophene rings is 1. The highest BCUT2D eigenvalue weighted by Gasteiger charge is 2.32. The maximum absolute atomic E-state index is 12.3. The van der Waals surface area contributed by atoms with E-state index in [0.29, 0.717) is 5.82 Å². The molecule has 1 atom stereocenters. The molecule has 208 valence electrons. The first-order chi connectivity index (χ1) is 18.9. The molecule has 0 unspecified atom stereocenters. The van der Waals surface area contributed by atoms with Gasteiger partial charge in [0.2, 0.25) is 0 Å². The van der Waals surface area contributed by atoms with Crippen molar-refractivity contribution in [1.82, 2.24) is 24.5 Å². The number of hydrogen-bond donors (Lipinski definition) is 0. The van der Waals surface area contributed by atoms with E-state index in [1.807, 2.05) is 62.7 Å². The molecule has 1 aliphatic rings. The topological polar surface area (TPSA) is 113 Å². The van der Waals surface area contributed by atoms with Crippen LogP contribution in [0, 0.1) is 20.8 Å². The van der Waals surface area contributed by atoms with Crippen molar-refractivity contribution in [3.8, 4) is 16.1 Å². The predicted octanol–water partition coefficient (Wildman–Crippen LogP) is 4.91. The third-order valence-corrected chi connectivity index (χ3v) is 7.86. The van der Waals surface area contributed by atoms with Gasteiger partial charge < -0.3 is 9.47 Å². The molecule has 3 aromatic heterocycles. The Kier molecular flexibility index (Phi) is 7.17. The summed E-state index contributed by atoms with van der Waals surface area (Å²) in [7, 11) is 1.37. The number of aromatic nitrogens is 5. The van der Waals surface area contributed by atoms with Gasteiger partial charge in [-0.2, -0.15) is 5.10 Å². The SMILES string of the molecule is COC(=O)C[C@@H]1N=C(c2ccc(-c3cnn(CC(=O)OC(C)(C)C)c3)cc2)c2c(sc(C)c2C)-n2c(C)nnc21. The molecule has 4 heterocycles. The van der Waals surface area contributed by atoms with E-state index >= 15 is 0 Å². The van der Waals surface area contributed by atoms with E-state index < -0.39 is 11.6 Å². The van der Waals surface area contributed by atoms with Crippen LogP contribution in [0.25, 0.3) is 16.1 Å². The molecule has 40 heavy (non-hydrogen) atoms. The third-order valence-electron chi connectivity index (χ3n) is 6.66. The molecule has 0 amide bonds. The maximum atomic E-state index is 12.3. The number of esters is 2. The molecule has 0 aliphatic carbocycles. The van der Waals surface area contributed by atoms with Crippen molar-refractivity contribution in [2.24, 2.45) is 4.99 Å². The van der Waals surface area contributed by atoms with Gasteiger partial charge in [0.15, 0.2) is 5.82 Å². The van der Waals surface area contributed by atoms with Crippen LogP contribution < -0.4 is 0 Å². The molecule has 5 rings (SSSR count). The van der Waals surface area contributed by atoms with Crippen LogP contribution in [0.5, 0.6) is 0 Å². The summed E-state index contributed by atoms with van der Waals surface area (Å²) in [5.41, 5.74) is 5.13. The zero-order valence-corrected chi connectivity index (χ0v) is 24.5. The Morgan fingerprint density at radius 3 is 2.38 bits per heavy atom. The first kappa shape index (κ1) is 27.4. The molecule has 11 heteroatoms. The zero-order chi connectivity index (χ0) is 28.8. The van der Waals surface area contributed by atoms with Gasteiger partial charge in [0, 0.05) is 27.8 Å². The van der Waals surface area contributed by atoms with E-state index in [9.17, 15) is 9.59 Å². The minimum Gasteiger partial charge on any atom is -0.469 e. The number of methoxy groups -OCH3 is 1. The minimum absolute atomic E-state index is 0.0381. The molecule has 0 spiro atoms. The standard InChI is InChI=1S/C29H32N6O4S/c1-16-17(2)40-28-25(16)26(31-22(12-23(36)38-7)27-33-32-18(3)35(27)28)20-10-8-19(9-11-20)21-13-30-34(14-21)15-24(37)39-29(4,5)6/h8-11,13-14,22H,12,15H2,1-7H3/t22-/m0/s1. The lowest BCUT2D eigenvalue weighted by Crippen LogP contribution is -2.26. The van der Waals surface area contributed by atoms with Gasteiger partial charge in [-0.1, -0.05) is 24.3 Å². The van der Waals surface area contributed by atoms with Crippen molar-refractivity contribution in [3.63, 3.8) is 0 Å². The number of benzene rings is 1. The van der Waals surface area contributed by atoms with Crippen molar-refractivity contribution >= 4 is 29.0 Å². The van der Waals surface area contributed by atoms with Crippen LogP contribution >= 0.6 is 11.3 Å². The summed E-state index contributed by atoms with van der Waals surface area (Å²) in [6.45, 7) is 11.6. The molecule has 0 fully saturated rings. The average Bonchev–Trinajstić information content (AvgIpc) is 3.56. The maximum Gasteiger partial charge on any atom is 0.328 e. The van der Waals surface area contributed by atoms with E-state index in [1.54, 1.807) is 22.2 Å². The molecule has 0 N–H and O–H groups in total. The van der Waals surface area contributed by atoms with Gasteiger partial charge in [-0.15, -0.1) is 21.5 Å². The lowest BCUT2D eigenvalue weighted by atomic mass is 9.97. The Morgan fingerprint density at radius 2 is 1.70 bits per heavy atom. The summed E-state index contributed by atoms with van der Waals surface area (Å²) >= 11 is 1.66. The zero-order valence-electron chi connectivity index (χ0n) is 23.7. The van der Waals surface area contributed by atoms with Gasteiger partial charge in [0.1, 0.15) is 29.0 Å². The van der Waals surface area contributed by atoms with E-state index in [2.05, 4.69) is 29.1 Å². The molecule has 0 bridgehead atoms. The number of rotatable bonds is 6. The summed E-state index contributed by atoms with van der Waals surface area (Å²) in [4.78, 5) is 30.8. The van der Waals surface area contributed by atoms with Gasteiger partial charge in [-0.3, -0.25) is 23.8 Å². The first-order valence-corrected chi connectivity index (χ1v) is 13.8. The van der Waals surface area contributed by atoms with Crippen molar-refractivity contribution in [2.75, 3.05) is 7.11 Å². The number of fused-ring (bicyclic) bond motifs is 3. The van der Waals surface area contributed by atoms with E-state index in [0.717, 1.165) is 44.4 Å². The second kappa shape index (κ2) is 10.5. The highest BCUT2D eigenvalue weighted by atomic mass is 32.1. The Bertz CT molecular complexity index is 1620. The van der Waals surface area contributed by atoms with Gasteiger partial charge in [-0.05, 0) is 52.7 Å². The fourth-order valence-corrected chi connectivity index (χ4v) is 5.91. The van der Waals surface area contributed by atoms with E-state index in [1.165, 1.54) is 12.0 Å². The lowest BCUT2D eigenvalue weighted by molar-refractivity contribution is -0.155. The van der Waals surface area contributed by atoms with Crippen LogP contribution in [0.15, 0.2) is 41.7 Å². The highest BCUT2D eigenvalue weighted by Crippen LogP contribution is 2.39. The highest BCUT2D eigenvalue weighted by molar-refractivity contribution is 7.15. The molecule has 1 aliphatic heterocycles. The van der Waals surface area contributed by atoms with Crippen molar-refractivity contribution in [3.05, 3.63) is 69.9 Å². The van der Waals surface area contributed by atoms with Crippen molar-refractivity contribution in [2.45, 2.75) is 66.2 Å². The molecule has 0 saturated heterocycles. The summed E-state index contributed by atoms with van der Waals surface area (Å²) in [6, 6.07) is 7.50. The fraction of sp³-hybridized carbons (Fsp3) is 0.379. The monoisotopic (exact) mass is 560 g/mol. The van der Waals surface area contributed by atoms with Crippen LogP contribution in [-0.4, -0.2) is 54.9 Å². The van der Waals surface area contributed by atoms with Crippen molar-refractivity contribution in [1.29, 1.82) is 0 Å². The Hall–Kier alpha value is -4.12. The Balaban J connectivity index is 1.51. The van der Waals surface area contributed by atoms with Gasteiger partial charge >= 0.3 is 11.9 Å². The van der Waals surface area contributed by atoms with Crippen LogP contribution in [0.1, 0.15) is 66.5 Å². The number of hydrogen-bond acceptors (Lipinski definition) is 9. The van der Waals surface area contributed by atoms with E-state index in [-0.39, 0.29) is 24.9 Å². The first-order valence-electron chi connectivity index (χ1n) is 13.0. The number of carbonyl (C=O) groups excluding carboxylic acids is 2. The van der Waals surface area contributed by atoms with Gasteiger partial charge in [0.25, 0.3) is 0 Å².